The zero-order chi connectivity index (χ0) is 21.9. The van der Waals surface area contributed by atoms with Crippen LogP contribution in [0, 0.1) is 6.92 Å². The first-order valence-electron chi connectivity index (χ1n) is 10.2. The summed E-state index contributed by atoms with van der Waals surface area (Å²) in [5.41, 5.74) is 4.31. The molecule has 1 aliphatic rings. The van der Waals surface area contributed by atoms with Crippen LogP contribution >= 0.6 is 0 Å². The molecule has 0 aliphatic carbocycles. The van der Waals surface area contributed by atoms with Crippen LogP contribution in [0.5, 0.6) is 11.5 Å². The average Bonchev–Trinajstić information content (AvgIpc) is 2.84. The topological polar surface area (TPSA) is 86.2 Å². The van der Waals surface area contributed by atoms with Crippen LogP contribution in [-0.4, -0.2) is 34.1 Å². The number of hydrogen-bond donors (Lipinski definition) is 1. The zero-order valence-corrected chi connectivity index (χ0v) is 17.4. The Labute approximate surface area is 185 Å². The van der Waals surface area contributed by atoms with E-state index in [4.69, 9.17) is 14.5 Å². The van der Waals surface area contributed by atoms with Crippen molar-refractivity contribution in [1.29, 1.82) is 0 Å². The van der Waals surface area contributed by atoms with Gasteiger partial charge in [0.15, 0.2) is 17.3 Å². The standard InChI is InChI=1S/C25H20N4O3/c1-16-2-4-18(5-3-16)24-27-15-20(23(29-24)17-8-10-26-11-9-17)25(30)28-19-6-7-21-22(14-19)32-13-12-31-21/h2-11,14-15H,12-13H2,1H3,(H,28,30). The van der Waals surface area contributed by atoms with Crippen molar-refractivity contribution in [3.8, 4) is 34.1 Å². The Hall–Kier alpha value is -4.26. The molecule has 2 aromatic carbocycles. The van der Waals surface area contributed by atoms with Crippen LogP contribution < -0.4 is 14.8 Å². The zero-order valence-electron chi connectivity index (χ0n) is 17.4. The van der Waals surface area contributed by atoms with Crippen molar-refractivity contribution in [2.45, 2.75) is 6.92 Å². The summed E-state index contributed by atoms with van der Waals surface area (Å²) in [6.45, 7) is 3.02. The molecular weight excluding hydrogens is 404 g/mol. The molecular formula is C25H20N4O3. The molecule has 32 heavy (non-hydrogen) atoms. The molecule has 7 heteroatoms. The fourth-order valence-corrected chi connectivity index (χ4v) is 3.44. The molecule has 0 spiro atoms. The van der Waals surface area contributed by atoms with Gasteiger partial charge >= 0.3 is 0 Å². The SMILES string of the molecule is Cc1ccc(-c2ncc(C(=O)Nc3ccc4c(c3)OCCO4)c(-c3ccncc3)n2)cc1. The fraction of sp³-hybridized carbons (Fsp3) is 0.120. The predicted octanol–water partition coefficient (Wildman–Crippen LogP) is 4.54. The minimum absolute atomic E-state index is 0.316. The minimum Gasteiger partial charge on any atom is -0.486 e. The van der Waals surface area contributed by atoms with E-state index in [0.717, 1.165) is 16.7 Å². The van der Waals surface area contributed by atoms with Crippen LogP contribution in [-0.2, 0) is 0 Å². The number of pyridine rings is 1. The maximum absolute atomic E-state index is 13.2. The average molecular weight is 424 g/mol. The molecule has 7 nitrogen and oxygen atoms in total. The van der Waals surface area contributed by atoms with Gasteiger partial charge < -0.3 is 14.8 Å². The van der Waals surface area contributed by atoms with E-state index in [0.29, 0.717) is 47.5 Å². The number of fused-ring (bicyclic) bond motifs is 1. The highest BCUT2D eigenvalue weighted by Crippen LogP contribution is 2.33. The maximum Gasteiger partial charge on any atom is 0.259 e. The number of carbonyl (C=O) groups is 1. The molecule has 3 heterocycles. The van der Waals surface area contributed by atoms with E-state index in [1.165, 1.54) is 0 Å². The van der Waals surface area contributed by atoms with Gasteiger partial charge in [0.05, 0.1) is 11.3 Å². The predicted molar refractivity (Wildman–Crippen MR) is 121 cm³/mol. The van der Waals surface area contributed by atoms with Gasteiger partial charge in [-0.2, -0.15) is 0 Å². The summed E-state index contributed by atoms with van der Waals surface area (Å²) in [4.78, 5) is 26.5. The summed E-state index contributed by atoms with van der Waals surface area (Å²) in [6.07, 6.45) is 4.91. The highest BCUT2D eigenvalue weighted by molar-refractivity contribution is 6.08. The highest BCUT2D eigenvalue weighted by atomic mass is 16.6. The molecule has 1 N–H and O–H groups in total. The summed E-state index contributed by atoms with van der Waals surface area (Å²) in [5, 5.41) is 2.92. The van der Waals surface area contributed by atoms with E-state index in [9.17, 15) is 4.79 Å². The van der Waals surface area contributed by atoms with Crippen LogP contribution in [0.3, 0.4) is 0 Å². The van der Waals surface area contributed by atoms with Crippen molar-refractivity contribution in [2.75, 3.05) is 18.5 Å². The van der Waals surface area contributed by atoms with E-state index in [1.807, 2.05) is 43.3 Å². The van der Waals surface area contributed by atoms with Gasteiger partial charge in [0.25, 0.3) is 5.91 Å². The van der Waals surface area contributed by atoms with Crippen molar-refractivity contribution < 1.29 is 14.3 Å². The van der Waals surface area contributed by atoms with Gasteiger partial charge in [-0.05, 0) is 31.2 Å². The Morgan fingerprint density at radius 3 is 2.44 bits per heavy atom. The molecule has 0 atom stereocenters. The van der Waals surface area contributed by atoms with Gasteiger partial charge in [0, 0.05) is 41.5 Å². The second-order valence-electron chi connectivity index (χ2n) is 7.37. The van der Waals surface area contributed by atoms with E-state index < -0.39 is 0 Å². The Morgan fingerprint density at radius 2 is 1.66 bits per heavy atom. The number of benzene rings is 2. The van der Waals surface area contributed by atoms with Crippen molar-refractivity contribution >= 4 is 11.6 Å². The Morgan fingerprint density at radius 1 is 0.906 bits per heavy atom. The third kappa shape index (κ3) is 4.00. The number of nitrogens with zero attached hydrogens (tertiary/aromatic N) is 3. The van der Waals surface area contributed by atoms with E-state index in [2.05, 4.69) is 15.3 Å². The highest BCUT2D eigenvalue weighted by Gasteiger charge is 2.19. The normalized spacial score (nSPS) is 12.3. The van der Waals surface area contributed by atoms with Gasteiger partial charge in [-0.3, -0.25) is 9.78 Å². The van der Waals surface area contributed by atoms with E-state index in [-0.39, 0.29) is 5.91 Å². The fourth-order valence-electron chi connectivity index (χ4n) is 3.44. The molecule has 1 aliphatic heterocycles. The second kappa shape index (κ2) is 8.47. The summed E-state index contributed by atoms with van der Waals surface area (Å²) < 4.78 is 11.2. The minimum atomic E-state index is -0.316. The Kier molecular flexibility index (Phi) is 5.21. The number of ether oxygens (including phenoxy) is 2. The number of nitrogens with one attached hydrogen (secondary N) is 1. The van der Waals surface area contributed by atoms with Crippen LogP contribution in [0.2, 0.25) is 0 Å². The van der Waals surface area contributed by atoms with Crippen LogP contribution in [0.1, 0.15) is 15.9 Å². The number of carbonyl (C=O) groups excluding carboxylic acids is 1. The Balaban J connectivity index is 1.51. The number of hydrogen-bond acceptors (Lipinski definition) is 6. The van der Waals surface area contributed by atoms with Crippen LogP contribution in [0.25, 0.3) is 22.6 Å². The van der Waals surface area contributed by atoms with Crippen molar-refractivity contribution in [3.05, 3.63) is 84.3 Å². The van der Waals surface area contributed by atoms with E-state index in [1.54, 1.807) is 36.8 Å². The first-order valence-corrected chi connectivity index (χ1v) is 10.2. The molecule has 0 bridgehead atoms. The maximum atomic E-state index is 13.2. The van der Waals surface area contributed by atoms with Crippen LogP contribution in [0.15, 0.2) is 73.2 Å². The molecule has 0 saturated carbocycles. The molecule has 0 unspecified atom stereocenters. The lowest BCUT2D eigenvalue weighted by atomic mass is 10.1. The van der Waals surface area contributed by atoms with Gasteiger partial charge in [-0.25, -0.2) is 9.97 Å². The lowest BCUT2D eigenvalue weighted by Crippen LogP contribution is -2.17. The van der Waals surface area contributed by atoms with Gasteiger partial charge in [0.1, 0.15) is 13.2 Å². The molecule has 0 radical (unpaired) electrons. The molecule has 158 valence electrons. The second-order valence-corrected chi connectivity index (χ2v) is 7.37. The van der Waals surface area contributed by atoms with Gasteiger partial charge in [-0.15, -0.1) is 0 Å². The number of aromatic nitrogens is 3. The largest absolute Gasteiger partial charge is 0.486 e. The summed E-state index contributed by atoms with van der Waals surface area (Å²) in [6, 6.07) is 16.9. The monoisotopic (exact) mass is 424 g/mol. The lowest BCUT2D eigenvalue weighted by Gasteiger charge is -2.19. The molecule has 4 aromatic rings. The molecule has 0 saturated heterocycles. The van der Waals surface area contributed by atoms with Crippen molar-refractivity contribution in [3.63, 3.8) is 0 Å². The third-order valence-corrected chi connectivity index (χ3v) is 5.10. The molecule has 5 rings (SSSR count). The summed E-state index contributed by atoms with van der Waals surface area (Å²) in [5.74, 6) is 1.50. The van der Waals surface area contributed by atoms with Gasteiger partial charge in [-0.1, -0.05) is 29.8 Å². The van der Waals surface area contributed by atoms with Gasteiger partial charge in [0.2, 0.25) is 0 Å². The van der Waals surface area contributed by atoms with Crippen molar-refractivity contribution in [1.82, 2.24) is 15.0 Å². The molecule has 0 fully saturated rings. The smallest absolute Gasteiger partial charge is 0.259 e. The summed E-state index contributed by atoms with van der Waals surface area (Å²) >= 11 is 0. The lowest BCUT2D eigenvalue weighted by molar-refractivity contribution is 0.102. The first kappa shape index (κ1) is 19.7. The first-order chi connectivity index (χ1) is 15.7. The van der Waals surface area contributed by atoms with E-state index >= 15 is 0 Å². The number of rotatable bonds is 4. The van der Waals surface area contributed by atoms with Crippen LogP contribution in [0.4, 0.5) is 5.69 Å². The summed E-state index contributed by atoms with van der Waals surface area (Å²) in [7, 11) is 0. The molecule has 2 aromatic heterocycles. The molecule has 1 amide bonds. The third-order valence-electron chi connectivity index (χ3n) is 5.10. The number of anilines is 1. The Bertz CT molecular complexity index is 1270. The number of aryl methyl sites for hydroxylation is 1. The van der Waals surface area contributed by atoms with Crippen molar-refractivity contribution in [2.24, 2.45) is 0 Å². The number of amides is 1. The quantitative estimate of drug-likeness (QED) is 0.518.